The molecule has 24 heavy (non-hydrogen) atoms. The topological polar surface area (TPSA) is 66.8 Å². The Labute approximate surface area is 145 Å². The molecule has 1 saturated heterocycles. The first-order valence-electron chi connectivity index (χ1n) is 9.50. The van der Waals surface area contributed by atoms with E-state index >= 15 is 0 Å². The minimum Gasteiger partial charge on any atom is -0.462 e. The number of hydrogen-bond donors (Lipinski definition) is 2. The fraction of sp³-hybridized carbons (Fsp3) is 0.750. The van der Waals surface area contributed by atoms with Gasteiger partial charge in [0.2, 0.25) is 0 Å². The molecule has 1 aliphatic carbocycles. The van der Waals surface area contributed by atoms with E-state index in [0.29, 0.717) is 24.7 Å². The van der Waals surface area contributed by atoms with Crippen LogP contribution in [0.3, 0.4) is 0 Å². The van der Waals surface area contributed by atoms with Crippen molar-refractivity contribution in [3.05, 3.63) is 24.3 Å². The van der Waals surface area contributed by atoms with Crippen molar-refractivity contribution >= 4 is 5.97 Å². The van der Waals surface area contributed by atoms with Crippen molar-refractivity contribution in [3.8, 4) is 0 Å². The second-order valence-electron chi connectivity index (χ2n) is 7.13. The summed E-state index contributed by atoms with van der Waals surface area (Å²) in [5.74, 6) is 0.683. The molecule has 2 fully saturated rings. The van der Waals surface area contributed by atoms with Crippen LogP contribution in [-0.4, -0.2) is 34.5 Å². The van der Waals surface area contributed by atoms with Crippen LogP contribution in [0.4, 0.5) is 0 Å². The molecular formula is C20H32O4. The predicted molar refractivity (Wildman–Crippen MR) is 94.4 cm³/mol. The zero-order chi connectivity index (χ0) is 17.4. The molecule has 0 amide bonds. The van der Waals surface area contributed by atoms with Gasteiger partial charge < -0.3 is 14.9 Å². The van der Waals surface area contributed by atoms with Crippen LogP contribution in [0.15, 0.2) is 24.3 Å². The summed E-state index contributed by atoms with van der Waals surface area (Å²) in [6.45, 7) is 2.18. The molecule has 2 N–H and O–H groups in total. The van der Waals surface area contributed by atoms with Crippen molar-refractivity contribution in [2.75, 3.05) is 0 Å². The summed E-state index contributed by atoms with van der Waals surface area (Å²) in [6, 6.07) is 0. The molecule has 0 aromatic carbocycles. The summed E-state index contributed by atoms with van der Waals surface area (Å²) in [7, 11) is 0. The van der Waals surface area contributed by atoms with E-state index in [1.807, 2.05) is 12.2 Å². The summed E-state index contributed by atoms with van der Waals surface area (Å²) in [5.41, 5.74) is 0. The van der Waals surface area contributed by atoms with E-state index in [1.54, 1.807) is 6.08 Å². The monoisotopic (exact) mass is 336 g/mol. The maximum atomic E-state index is 11.3. The summed E-state index contributed by atoms with van der Waals surface area (Å²) in [6.07, 6.45) is 14.7. The molecule has 136 valence electrons. The number of allylic oxidation sites excluding steroid dienone is 2. The minimum absolute atomic E-state index is 0.0500. The molecule has 2 aliphatic rings. The van der Waals surface area contributed by atoms with Gasteiger partial charge in [-0.15, -0.1) is 0 Å². The van der Waals surface area contributed by atoms with Crippen LogP contribution < -0.4 is 0 Å². The Hall–Kier alpha value is -1.13. The molecular weight excluding hydrogens is 304 g/mol. The summed E-state index contributed by atoms with van der Waals surface area (Å²) >= 11 is 0. The lowest BCUT2D eigenvalue weighted by atomic mass is 10.0. The molecule has 0 aromatic heterocycles. The highest BCUT2D eigenvalue weighted by Gasteiger charge is 2.44. The quantitative estimate of drug-likeness (QED) is 0.364. The highest BCUT2D eigenvalue weighted by molar-refractivity contribution is 5.70. The van der Waals surface area contributed by atoms with Gasteiger partial charge in [-0.2, -0.15) is 0 Å². The number of rotatable bonds is 10. The molecule has 1 aliphatic heterocycles. The smallest absolute Gasteiger partial charge is 0.306 e. The third-order valence-electron chi connectivity index (χ3n) is 4.99. The Kier molecular flexibility index (Phi) is 8.00. The average Bonchev–Trinajstić information content (AvgIpc) is 3.35. The Morgan fingerprint density at radius 3 is 2.88 bits per heavy atom. The lowest BCUT2D eigenvalue weighted by Crippen LogP contribution is -2.25. The summed E-state index contributed by atoms with van der Waals surface area (Å²) in [5, 5.41) is 20.0. The van der Waals surface area contributed by atoms with E-state index in [9.17, 15) is 15.0 Å². The predicted octanol–water partition coefficient (Wildman–Crippen LogP) is 3.52. The van der Waals surface area contributed by atoms with Gasteiger partial charge in [0.1, 0.15) is 6.10 Å². The SMILES string of the molecule is CCCCC/C=C\C[C@H](O)[C@H](O)/C=C/[C@@H]1C[C@@H]1[C@H]1CCCC(=O)O1. The van der Waals surface area contributed by atoms with Crippen LogP contribution in [0.5, 0.6) is 0 Å². The van der Waals surface area contributed by atoms with Gasteiger partial charge in [0, 0.05) is 12.3 Å². The highest BCUT2D eigenvalue weighted by atomic mass is 16.5. The number of aliphatic hydroxyl groups excluding tert-OH is 2. The van der Waals surface area contributed by atoms with Gasteiger partial charge in [-0.05, 0) is 44.4 Å². The van der Waals surface area contributed by atoms with Crippen LogP contribution in [0.2, 0.25) is 0 Å². The fourth-order valence-corrected chi connectivity index (χ4v) is 3.31. The van der Waals surface area contributed by atoms with Gasteiger partial charge in [0.15, 0.2) is 0 Å². The average molecular weight is 336 g/mol. The lowest BCUT2D eigenvalue weighted by molar-refractivity contribution is -0.155. The maximum absolute atomic E-state index is 11.3. The van der Waals surface area contributed by atoms with Gasteiger partial charge in [-0.3, -0.25) is 4.79 Å². The molecule has 0 spiro atoms. The minimum atomic E-state index is -0.833. The third kappa shape index (κ3) is 6.40. The number of ether oxygens (including phenoxy) is 1. The van der Waals surface area contributed by atoms with Crippen LogP contribution >= 0.6 is 0 Å². The fourth-order valence-electron chi connectivity index (χ4n) is 3.31. The van der Waals surface area contributed by atoms with E-state index < -0.39 is 12.2 Å². The second-order valence-corrected chi connectivity index (χ2v) is 7.13. The highest BCUT2D eigenvalue weighted by Crippen LogP contribution is 2.46. The Morgan fingerprint density at radius 2 is 2.12 bits per heavy atom. The molecule has 0 unspecified atom stereocenters. The van der Waals surface area contributed by atoms with Crippen LogP contribution in [0, 0.1) is 11.8 Å². The first-order valence-corrected chi connectivity index (χ1v) is 9.50. The number of aliphatic hydroxyl groups is 2. The van der Waals surface area contributed by atoms with Gasteiger partial charge in [0.05, 0.1) is 12.2 Å². The van der Waals surface area contributed by atoms with Crippen molar-refractivity contribution in [1.29, 1.82) is 0 Å². The van der Waals surface area contributed by atoms with Crippen LogP contribution in [0.25, 0.3) is 0 Å². The van der Waals surface area contributed by atoms with Gasteiger partial charge >= 0.3 is 5.97 Å². The third-order valence-corrected chi connectivity index (χ3v) is 4.99. The molecule has 4 heteroatoms. The Morgan fingerprint density at radius 1 is 1.29 bits per heavy atom. The number of hydrogen-bond acceptors (Lipinski definition) is 4. The van der Waals surface area contributed by atoms with Crippen molar-refractivity contribution in [2.45, 2.75) is 83.0 Å². The van der Waals surface area contributed by atoms with E-state index in [4.69, 9.17) is 4.74 Å². The Balaban J connectivity index is 1.64. The van der Waals surface area contributed by atoms with E-state index in [2.05, 4.69) is 13.0 Å². The second kappa shape index (κ2) is 10.00. The number of cyclic esters (lactones) is 1. The zero-order valence-corrected chi connectivity index (χ0v) is 14.8. The largest absolute Gasteiger partial charge is 0.462 e. The van der Waals surface area contributed by atoms with E-state index in [0.717, 1.165) is 25.7 Å². The molecule has 0 aromatic rings. The number of carbonyl (C=O) groups is 1. The molecule has 5 atom stereocenters. The maximum Gasteiger partial charge on any atom is 0.306 e. The van der Waals surface area contributed by atoms with E-state index in [1.165, 1.54) is 19.3 Å². The molecule has 1 heterocycles. The standard InChI is InChI=1S/C20H32O4/c1-2-3-4-5-6-7-9-17(21)18(22)13-12-15-14-16(15)19-10-8-11-20(23)24-19/h6-7,12-13,15-19,21-22H,2-5,8-11,14H2,1H3/b7-6-,13-12+/t15-,16+,17+,18-,19-/m1/s1. The molecule has 1 saturated carbocycles. The lowest BCUT2D eigenvalue weighted by Gasteiger charge is -2.22. The van der Waals surface area contributed by atoms with Gasteiger partial charge in [-0.1, -0.05) is 44.1 Å². The summed E-state index contributed by atoms with van der Waals surface area (Å²) in [4.78, 5) is 11.3. The number of carbonyl (C=O) groups excluding carboxylic acids is 1. The first-order chi connectivity index (χ1) is 11.6. The molecule has 4 nitrogen and oxygen atoms in total. The van der Waals surface area contributed by atoms with Gasteiger partial charge in [-0.25, -0.2) is 0 Å². The first kappa shape index (κ1) is 19.2. The van der Waals surface area contributed by atoms with Crippen LogP contribution in [-0.2, 0) is 9.53 Å². The molecule has 0 bridgehead atoms. The Bertz CT molecular complexity index is 443. The van der Waals surface area contributed by atoms with Crippen molar-refractivity contribution in [1.82, 2.24) is 0 Å². The van der Waals surface area contributed by atoms with Gasteiger partial charge in [0.25, 0.3) is 0 Å². The van der Waals surface area contributed by atoms with Crippen molar-refractivity contribution < 1.29 is 19.7 Å². The van der Waals surface area contributed by atoms with Crippen molar-refractivity contribution in [2.24, 2.45) is 11.8 Å². The number of esters is 1. The number of unbranched alkanes of at least 4 members (excludes halogenated alkanes) is 3. The normalized spacial score (nSPS) is 29.8. The van der Waals surface area contributed by atoms with Crippen molar-refractivity contribution in [3.63, 3.8) is 0 Å². The molecule has 2 rings (SSSR count). The van der Waals surface area contributed by atoms with E-state index in [-0.39, 0.29) is 12.1 Å². The summed E-state index contributed by atoms with van der Waals surface area (Å²) < 4.78 is 5.39. The van der Waals surface area contributed by atoms with Crippen LogP contribution in [0.1, 0.15) is 64.7 Å². The zero-order valence-electron chi connectivity index (χ0n) is 14.8. The molecule has 0 radical (unpaired) electrons.